The number of benzene rings is 3. The molecule has 0 radical (unpaired) electrons. The van der Waals surface area contributed by atoms with Gasteiger partial charge in [0.25, 0.3) is 0 Å². The van der Waals surface area contributed by atoms with Crippen molar-refractivity contribution in [1.29, 1.82) is 0 Å². The van der Waals surface area contributed by atoms with Gasteiger partial charge < -0.3 is 4.84 Å². The second kappa shape index (κ2) is 7.43. The van der Waals surface area contributed by atoms with Crippen LogP contribution < -0.4 is 9.96 Å². The SMILES string of the molecule is O=C1ON(c2ccccc2)[C@@H](c2ccc(Br)cc2)N1c1ccc(Cl)c(Cl)c1. The molecule has 1 aliphatic rings. The molecule has 0 spiro atoms. The van der Waals surface area contributed by atoms with Crippen LogP contribution in [0.5, 0.6) is 0 Å². The number of carbonyl (C=O) groups excluding carboxylic acids is 1. The monoisotopic (exact) mass is 462 g/mol. The molecule has 4 rings (SSSR count). The first-order valence-electron chi connectivity index (χ1n) is 8.10. The fourth-order valence-corrected chi connectivity index (χ4v) is 3.51. The predicted molar refractivity (Wildman–Crippen MR) is 111 cm³/mol. The van der Waals surface area contributed by atoms with E-state index in [4.69, 9.17) is 28.0 Å². The summed E-state index contributed by atoms with van der Waals surface area (Å²) in [5.41, 5.74) is 2.25. The largest absolute Gasteiger partial charge is 0.440 e. The number of hydrogen-bond acceptors (Lipinski definition) is 3. The highest BCUT2D eigenvalue weighted by Crippen LogP contribution is 2.41. The maximum atomic E-state index is 12.8. The summed E-state index contributed by atoms with van der Waals surface area (Å²) in [5, 5.41) is 2.39. The van der Waals surface area contributed by atoms with Gasteiger partial charge in [0, 0.05) is 4.47 Å². The van der Waals surface area contributed by atoms with Gasteiger partial charge in [-0.1, -0.05) is 69.5 Å². The topological polar surface area (TPSA) is 32.8 Å². The van der Waals surface area contributed by atoms with E-state index in [1.807, 2.05) is 54.6 Å². The van der Waals surface area contributed by atoms with Gasteiger partial charge in [-0.2, -0.15) is 5.06 Å². The Kier molecular flexibility index (Phi) is 5.00. The lowest BCUT2D eigenvalue weighted by molar-refractivity contribution is 0.164. The van der Waals surface area contributed by atoms with Gasteiger partial charge in [0.15, 0.2) is 6.17 Å². The summed E-state index contributed by atoms with van der Waals surface area (Å²) in [6, 6.07) is 22.3. The lowest BCUT2D eigenvalue weighted by Crippen LogP contribution is -2.31. The molecule has 0 aromatic heterocycles. The quantitative estimate of drug-likeness (QED) is 0.426. The molecule has 0 saturated carbocycles. The van der Waals surface area contributed by atoms with E-state index in [1.165, 1.54) is 0 Å². The highest BCUT2D eigenvalue weighted by atomic mass is 79.9. The Bertz CT molecular complexity index is 983. The Morgan fingerprint density at radius 3 is 2.22 bits per heavy atom. The van der Waals surface area contributed by atoms with Crippen LogP contribution in [-0.2, 0) is 4.84 Å². The number of para-hydroxylation sites is 1. The van der Waals surface area contributed by atoms with Crippen LogP contribution in [0, 0.1) is 0 Å². The summed E-state index contributed by atoms with van der Waals surface area (Å²) in [4.78, 5) is 20.0. The maximum absolute atomic E-state index is 12.8. The zero-order valence-electron chi connectivity index (χ0n) is 13.9. The Hall–Kier alpha value is -2.21. The van der Waals surface area contributed by atoms with E-state index in [1.54, 1.807) is 28.2 Å². The van der Waals surface area contributed by atoms with E-state index < -0.39 is 12.3 Å². The molecule has 1 aliphatic heterocycles. The molecule has 136 valence electrons. The molecule has 1 fully saturated rings. The first-order valence-corrected chi connectivity index (χ1v) is 9.65. The number of amides is 1. The Labute approximate surface area is 174 Å². The number of carbonyl (C=O) groups is 1. The smallest absolute Gasteiger partial charge is 0.319 e. The minimum atomic E-state index is -0.495. The molecule has 1 amide bonds. The number of nitrogens with zero attached hydrogens (tertiary/aromatic N) is 2. The van der Waals surface area contributed by atoms with Gasteiger partial charge in [0.1, 0.15) is 0 Å². The average Bonchev–Trinajstić information content (AvgIpc) is 3.02. The van der Waals surface area contributed by atoms with E-state index >= 15 is 0 Å². The normalized spacial score (nSPS) is 16.6. The van der Waals surface area contributed by atoms with Crippen LogP contribution in [0.4, 0.5) is 16.2 Å². The molecule has 1 saturated heterocycles. The zero-order chi connectivity index (χ0) is 19.0. The van der Waals surface area contributed by atoms with Gasteiger partial charge in [-0.05, 0) is 48.0 Å². The van der Waals surface area contributed by atoms with Crippen molar-refractivity contribution in [2.24, 2.45) is 0 Å². The van der Waals surface area contributed by atoms with Crippen LogP contribution in [0.25, 0.3) is 0 Å². The highest BCUT2D eigenvalue weighted by molar-refractivity contribution is 9.10. The van der Waals surface area contributed by atoms with Gasteiger partial charge in [-0.15, -0.1) is 0 Å². The van der Waals surface area contributed by atoms with Gasteiger partial charge in [-0.25, -0.2) is 9.69 Å². The summed E-state index contributed by atoms with van der Waals surface area (Å²) in [5.74, 6) is 0. The third-order valence-corrected chi connectivity index (χ3v) is 5.47. The number of hydrogen-bond donors (Lipinski definition) is 0. The molecular formula is C20H13BrCl2N2O2. The average molecular weight is 464 g/mol. The van der Waals surface area contributed by atoms with Gasteiger partial charge in [0.2, 0.25) is 0 Å². The van der Waals surface area contributed by atoms with Crippen LogP contribution in [0.3, 0.4) is 0 Å². The maximum Gasteiger partial charge on any atom is 0.440 e. The van der Waals surface area contributed by atoms with Crippen molar-refractivity contribution >= 4 is 56.6 Å². The molecular weight excluding hydrogens is 451 g/mol. The third kappa shape index (κ3) is 3.50. The van der Waals surface area contributed by atoms with Crippen LogP contribution >= 0.6 is 39.1 Å². The summed E-state index contributed by atoms with van der Waals surface area (Å²) in [6.45, 7) is 0. The van der Waals surface area contributed by atoms with Crippen molar-refractivity contribution in [2.75, 3.05) is 9.96 Å². The molecule has 4 nitrogen and oxygen atoms in total. The fraction of sp³-hybridized carbons (Fsp3) is 0.0500. The van der Waals surface area contributed by atoms with E-state index in [-0.39, 0.29) is 0 Å². The molecule has 0 aliphatic carbocycles. The second-order valence-corrected chi connectivity index (χ2v) is 7.64. The molecule has 7 heteroatoms. The van der Waals surface area contributed by atoms with Crippen molar-refractivity contribution < 1.29 is 9.63 Å². The highest BCUT2D eigenvalue weighted by Gasteiger charge is 2.42. The van der Waals surface area contributed by atoms with Crippen molar-refractivity contribution in [3.8, 4) is 0 Å². The second-order valence-electron chi connectivity index (χ2n) is 5.91. The van der Waals surface area contributed by atoms with Gasteiger partial charge in [-0.3, -0.25) is 0 Å². The van der Waals surface area contributed by atoms with Crippen LogP contribution in [-0.4, -0.2) is 6.09 Å². The van der Waals surface area contributed by atoms with Crippen molar-refractivity contribution in [1.82, 2.24) is 0 Å². The summed E-state index contributed by atoms with van der Waals surface area (Å²) < 4.78 is 0.948. The van der Waals surface area contributed by atoms with E-state index in [0.29, 0.717) is 15.7 Å². The summed E-state index contributed by atoms with van der Waals surface area (Å²) >= 11 is 15.7. The van der Waals surface area contributed by atoms with Crippen molar-refractivity contribution in [3.05, 3.63) is 92.9 Å². The summed E-state index contributed by atoms with van der Waals surface area (Å²) in [7, 11) is 0. The molecule has 0 N–H and O–H groups in total. The standard InChI is InChI=1S/C20H13BrCl2N2O2/c21-14-8-6-13(7-9-14)19-24(16-10-11-17(22)18(23)12-16)20(26)27-25(19)15-4-2-1-3-5-15/h1-12,19H/t19-/m0/s1. The molecule has 27 heavy (non-hydrogen) atoms. The van der Waals surface area contributed by atoms with Gasteiger partial charge in [0.05, 0.1) is 21.4 Å². The van der Waals surface area contributed by atoms with E-state index in [0.717, 1.165) is 15.7 Å². The lowest BCUT2D eigenvalue weighted by atomic mass is 10.1. The van der Waals surface area contributed by atoms with Crippen LogP contribution in [0.2, 0.25) is 10.0 Å². The Balaban J connectivity index is 1.84. The molecule has 0 bridgehead atoms. The summed E-state index contributed by atoms with van der Waals surface area (Å²) in [6.07, 6.45) is -0.990. The van der Waals surface area contributed by atoms with Gasteiger partial charge >= 0.3 is 6.09 Å². The minimum absolute atomic E-state index is 0.370. The molecule has 0 unspecified atom stereocenters. The number of hydroxylamine groups is 1. The Morgan fingerprint density at radius 2 is 1.56 bits per heavy atom. The third-order valence-electron chi connectivity index (χ3n) is 4.20. The fourth-order valence-electron chi connectivity index (χ4n) is 2.95. The minimum Gasteiger partial charge on any atom is -0.319 e. The first-order chi connectivity index (χ1) is 13.0. The number of halogens is 3. The molecule has 3 aromatic rings. The van der Waals surface area contributed by atoms with Crippen molar-refractivity contribution in [3.63, 3.8) is 0 Å². The predicted octanol–water partition coefficient (Wildman–Crippen LogP) is 6.83. The van der Waals surface area contributed by atoms with Crippen LogP contribution in [0.15, 0.2) is 77.3 Å². The molecule has 1 atom stereocenters. The van der Waals surface area contributed by atoms with Crippen LogP contribution in [0.1, 0.15) is 11.7 Å². The zero-order valence-corrected chi connectivity index (χ0v) is 16.9. The number of anilines is 2. The first kappa shape index (κ1) is 18.2. The molecule has 3 aromatic carbocycles. The Morgan fingerprint density at radius 1 is 0.852 bits per heavy atom. The van der Waals surface area contributed by atoms with Crippen molar-refractivity contribution in [2.45, 2.75) is 6.17 Å². The van der Waals surface area contributed by atoms with E-state index in [2.05, 4.69) is 15.9 Å². The lowest BCUT2D eigenvalue weighted by Gasteiger charge is -2.27. The molecule has 1 heterocycles. The number of rotatable bonds is 3. The van der Waals surface area contributed by atoms with E-state index in [9.17, 15) is 4.79 Å².